The van der Waals surface area contributed by atoms with Gasteiger partial charge >= 0.3 is 0 Å². The van der Waals surface area contributed by atoms with Gasteiger partial charge in [-0.05, 0) is 45.1 Å². The number of hydrogen-bond donors (Lipinski definition) is 2. The first-order valence-corrected chi connectivity index (χ1v) is 9.68. The largest absolute Gasteiger partial charge is 0.379 e. The fourth-order valence-corrected chi connectivity index (χ4v) is 3.71. The molecule has 27 heavy (non-hydrogen) atoms. The van der Waals surface area contributed by atoms with Crippen molar-refractivity contribution in [3.8, 4) is 0 Å². The van der Waals surface area contributed by atoms with E-state index in [-0.39, 0.29) is 12.5 Å². The van der Waals surface area contributed by atoms with Gasteiger partial charge in [0.2, 0.25) is 0 Å². The Balaban J connectivity index is 1.50. The van der Waals surface area contributed by atoms with Gasteiger partial charge in [0.1, 0.15) is 5.76 Å². The number of aryl methyl sites for hydroxylation is 3. The fraction of sp³-hybridized carbons (Fsp3) is 0.524. The Bertz CT molecular complexity index is 740. The van der Waals surface area contributed by atoms with E-state index < -0.39 is 5.60 Å². The number of rotatable bonds is 8. The summed E-state index contributed by atoms with van der Waals surface area (Å²) in [6.45, 7) is 5.93. The first-order chi connectivity index (χ1) is 13.0. The van der Waals surface area contributed by atoms with Crippen LogP contribution in [0.1, 0.15) is 41.8 Å². The average molecular weight is 371 g/mol. The van der Waals surface area contributed by atoms with Crippen molar-refractivity contribution >= 4 is 5.91 Å². The van der Waals surface area contributed by atoms with Gasteiger partial charge < -0.3 is 19.8 Å². The number of nitrogens with zero attached hydrogens (tertiary/aromatic N) is 2. The number of amides is 1. The monoisotopic (exact) mass is 371 g/mol. The fourth-order valence-electron chi connectivity index (χ4n) is 3.71. The molecule has 6 nitrogen and oxygen atoms in total. The van der Waals surface area contributed by atoms with Crippen molar-refractivity contribution in [1.29, 1.82) is 0 Å². The molecule has 0 spiro atoms. The van der Waals surface area contributed by atoms with E-state index in [1.165, 1.54) is 5.56 Å². The summed E-state index contributed by atoms with van der Waals surface area (Å²) in [5.41, 5.74) is 1.77. The van der Waals surface area contributed by atoms with Crippen LogP contribution in [0.15, 0.2) is 34.9 Å². The van der Waals surface area contributed by atoms with Gasteiger partial charge in [-0.3, -0.25) is 4.79 Å². The third-order valence-corrected chi connectivity index (χ3v) is 5.34. The van der Waals surface area contributed by atoms with Crippen LogP contribution in [0.5, 0.6) is 0 Å². The SMILES string of the molecule is Cc1noc(C)c1CNC[C@@]1(O)CCCN(CCCc2ccccc2)C1=O. The number of piperidine rings is 1. The molecule has 1 saturated heterocycles. The summed E-state index contributed by atoms with van der Waals surface area (Å²) in [5.74, 6) is 0.609. The lowest BCUT2D eigenvalue weighted by Gasteiger charge is -2.38. The van der Waals surface area contributed by atoms with E-state index in [4.69, 9.17) is 4.52 Å². The summed E-state index contributed by atoms with van der Waals surface area (Å²) < 4.78 is 5.15. The minimum absolute atomic E-state index is 0.159. The highest BCUT2D eigenvalue weighted by Gasteiger charge is 2.41. The molecular weight excluding hydrogens is 342 g/mol. The third-order valence-electron chi connectivity index (χ3n) is 5.34. The van der Waals surface area contributed by atoms with E-state index in [0.717, 1.165) is 42.8 Å². The number of likely N-dealkylation sites (tertiary alicyclic amines) is 1. The molecule has 1 aliphatic heterocycles. The average Bonchev–Trinajstić information content (AvgIpc) is 2.98. The minimum atomic E-state index is -1.33. The zero-order valence-corrected chi connectivity index (χ0v) is 16.2. The van der Waals surface area contributed by atoms with Crippen molar-refractivity contribution in [2.75, 3.05) is 19.6 Å². The molecule has 1 aromatic carbocycles. The molecule has 1 amide bonds. The number of benzene rings is 1. The molecule has 1 aromatic heterocycles. The number of aliphatic hydroxyl groups is 1. The predicted molar refractivity (Wildman–Crippen MR) is 103 cm³/mol. The van der Waals surface area contributed by atoms with Crippen molar-refractivity contribution in [3.63, 3.8) is 0 Å². The highest BCUT2D eigenvalue weighted by atomic mass is 16.5. The van der Waals surface area contributed by atoms with Crippen LogP contribution in [0.3, 0.4) is 0 Å². The zero-order valence-electron chi connectivity index (χ0n) is 16.2. The second-order valence-electron chi connectivity index (χ2n) is 7.42. The van der Waals surface area contributed by atoms with Gasteiger partial charge in [-0.15, -0.1) is 0 Å². The van der Waals surface area contributed by atoms with Crippen LogP contribution in [0.25, 0.3) is 0 Å². The first kappa shape index (κ1) is 19.6. The lowest BCUT2D eigenvalue weighted by molar-refractivity contribution is -0.156. The Morgan fingerprint density at radius 1 is 1.30 bits per heavy atom. The van der Waals surface area contributed by atoms with Crippen LogP contribution < -0.4 is 5.32 Å². The molecule has 0 aliphatic carbocycles. The molecule has 3 rings (SSSR count). The Hall–Kier alpha value is -2.18. The van der Waals surface area contributed by atoms with E-state index in [1.54, 1.807) is 0 Å². The standard InChI is InChI=1S/C21H29N3O3/c1-16-19(17(2)27-23-16)14-22-15-21(26)11-7-13-24(20(21)25)12-6-10-18-8-4-3-5-9-18/h3-5,8-9,22,26H,6-7,10-15H2,1-2H3/t21-/m0/s1. The van der Waals surface area contributed by atoms with Gasteiger partial charge in [0.05, 0.1) is 5.69 Å². The molecule has 1 fully saturated rings. The normalized spacial score (nSPS) is 20.3. The summed E-state index contributed by atoms with van der Waals surface area (Å²) in [7, 11) is 0. The number of hydrogen-bond acceptors (Lipinski definition) is 5. The van der Waals surface area contributed by atoms with Crippen molar-refractivity contribution < 1.29 is 14.4 Å². The van der Waals surface area contributed by atoms with Crippen molar-refractivity contribution in [2.45, 2.75) is 51.7 Å². The second-order valence-corrected chi connectivity index (χ2v) is 7.42. The molecular formula is C21H29N3O3. The Labute approximate surface area is 160 Å². The number of carbonyl (C=O) groups is 1. The third kappa shape index (κ3) is 4.76. The highest BCUT2D eigenvalue weighted by Crippen LogP contribution is 2.23. The molecule has 146 valence electrons. The minimum Gasteiger partial charge on any atom is -0.379 e. The van der Waals surface area contributed by atoms with Crippen LogP contribution >= 0.6 is 0 Å². The topological polar surface area (TPSA) is 78.6 Å². The van der Waals surface area contributed by atoms with Crippen LogP contribution in [0, 0.1) is 13.8 Å². The molecule has 1 atom stereocenters. The molecule has 6 heteroatoms. The van der Waals surface area contributed by atoms with Gasteiger partial charge in [0.25, 0.3) is 5.91 Å². The zero-order chi connectivity index (χ0) is 19.3. The summed E-state index contributed by atoms with van der Waals surface area (Å²) >= 11 is 0. The predicted octanol–water partition coefficient (Wildman–Crippen LogP) is 2.37. The maximum Gasteiger partial charge on any atom is 0.255 e. The quantitative estimate of drug-likeness (QED) is 0.745. The second kappa shape index (κ2) is 8.67. The summed E-state index contributed by atoms with van der Waals surface area (Å²) in [5, 5.41) is 18.0. The first-order valence-electron chi connectivity index (χ1n) is 9.68. The molecule has 2 aromatic rings. The Morgan fingerprint density at radius 3 is 2.78 bits per heavy atom. The van der Waals surface area contributed by atoms with Crippen molar-refractivity contribution in [3.05, 3.63) is 52.9 Å². The number of nitrogens with one attached hydrogen (secondary N) is 1. The lowest BCUT2D eigenvalue weighted by atomic mass is 9.91. The van der Waals surface area contributed by atoms with E-state index >= 15 is 0 Å². The molecule has 2 N–H and O–H groups in total. The molecule has 0 radical (unpaired) electrons. The number of carbonyl (C=O) groups excluding carboxylic acids is 1. The van der Waals surface area contributed by atoms with Gasteiger partial charge in [-0.2, -0.15) is 0 Å². The summed E-state index contributed by atoms with van der Waals surface area (Å²) in [6.07, 6.45) is 3.15. The van der Waals surface area contributed by atoms with Crippen LogP contribution in [0.4, 0.5) is 0 Å². The molecule has 0 bridgehead atoms. The maximum atomic E-state index is 12.8. The van der Waals surface area contributed by atoms with Gasteiger partial charge in [-0.1, -0.05) is 35.5 Å². The van der Waals surface area contributed by atoms with Gasteiger partial charge in [-0.25, -0.2) is 0 Å². The molecule has 0 unspecified atom stereocenters. The molecule has 0 saturated carbocycles. The van der Waals surface area contributed by atoms with Crippen molar-refractivity contribution in [2.24, 2.45) is 0 Å². The molecule has 2 heterocycles. The van der Waals surface area contributed by atoms with Crippen LogP contribution in [0.2, 0.25) is 0 Å². The van der Waals surface area contributed by atoms with E-state index in [2.05, 4.69) is 22.6 Å². The van der Waals surface area contributed by atoms with E-state index in [1.807, 2.05) is 36.9 Å². The summed E-state index contributed by atoms with van der Waals surface area (Å²) in [6, 6.07) is 10.3. The van der Waals surface area contributed by atoms with E-state index in [9.17, 15) is 9.90 Å². The lowest BCUT2D eigenvalue weighted by Crippen LogP contribution is -2.58. The maximum absolute atomic E-state index is 12.8. The summed E-state index contributed by atoms with van der Waals surface area (Å²) in [4.78, 5) is 14.6. The molecule has 1 aliphatic rings. The van der Waals surface area contributed by atoms with Gasteiger partial charge in [0.15, 0.2) is 5.60 Å². The van der Waals surface area contributed by atoms with Crippen LogP contribution in [-0.2, 0) is 17.8 Å². The van der Waals surface area contributed by atoms with Gasteiger partial charge in [0, 0.05) is 31.7 Å². The smallest absolute Gasteiger partial charge is 0.255 e. The van der Waals surface area contributed by atoms with Crippen LogP contribution in [-0.4, -0.2) is 46.3 Å². The highest BCUT2D eigenvalue weighted by molar-refractivity contribution is 5.86. The Morgan fingerprint density at radius 2 is 2.07 bits per heavy atom. The van der Waals surface area contributed by atoms with Crippen molar-refractivity contribution in [1.82, 2.24) is 15.4 Å². The van der Waals surface area contributed by atoms with E-state index in [0.29, 0.717) is 19.5 Å². The number of aromatic nitrogens is 1. The Kier molecular flexibility index (Phi) is 6.29.